The number of hydrogen-bond donors (Lipinski definition) is 1. The number of ether oxygens (including phenoxy) is 1. The number of pyridine rings is 1. The molecule has 0 radical (unpaired) electrons. The van der Waals surface area contributed by atoms with E-state index in [1.165, 1.54) is 0 Å². The van der Waals surface area contributed by atoms with Crippen LogP contribution in [0.3, 0.4) is 0 Å². The zero-order valence-corrected chi connectivity index (χ0v) is 14.9. The SMILES string of the molecule is Cc1cc(=O)c2ccccc2n1CC(=O)N1CCO[C@H]2C[C@H](CO)C[C@@H]21. The van der Waals surface area contributed by atoms with Crippen LogP contribution in [-0.4, -0.2) is 52.4 Å². The highest BCUT2D eigenvalue weighted by Crippen LogP contribution is 2.34. The average molecular weight is 356 g/mol. The number of fused-ring (bicyclic) bond motifs is 2. The number of aromatic nitrogens is 1. The van der Waals surface area contributed by atoms with Crippen LogP contribution in [0, 0.1) is 12.8 Å². The maximum Gasteiger partial charge on any atom is 0.242 e. The lowest BCUT2D eigenvalue weighted by molar-refractivity contribution is -0.144. The summed E-state index contributed by atoms with van der Waals surface area (Å²) in [6.45, 7) is 3.33. The van der Waals surface area contributed by atoms with Crippen molar-refractivity contribution in [2.75, 3.05) is 19.8 Å². The third-order valence-electron chi connectivity index (χ3n) is 5.73. The van der Waals surface area contributed by atoms with Gasteiger partial charge in [0.25, 0.3) is 0 Å². The molecule has 1 aliphatic heterocycles. The molecule has 138 valence electrons. The van der Waals surface area contributed by atoms with E-state index in [9.17, 15) is 14.7 Å². The van der Waals surface area contributed by atoms with Crippen LogP contribution in [0.4, 0.5) is 0 Å². The van der Waals surface area contributed by atoms with Gasteiger partial charge in [-0.15, -0.1) is 0 Å². The minimum atomic E-state index is -0.0187. The third-order valence-corrected chi connectivity index (χ3v) is 5.73. The van der Waals surface area contributed by atoms with Gasteiger partial charge in [0, 0.05) is 30.3 Å². The fourth-order valence-corrected chi connectivity index (χ4v) is 4.40. The van der Waals surface area contributed by atoms with Crippen molar-refractivity contribution < 1.29 is 14.6 Å². The monoisotopic (exact) mass is 356 g/mol. The van der Waals surface area contributed by atoms with E-state index in [2.05, 4.69) is 0 Å². The van der Waals surface area contributed by atoms with E-state index in [0.29, 0.717) is 18.5 Å². The Labute approximate surface area is 152 Å². The first-order valence-electron chi connectivity index (χ1n) is 9.19. The number of rotatable bonds is 3. The summed E-state index contributed by atoms with van der Waals surface area (Å²) in [7, 11) is 0. The van der Waals surface area contributed by atoms with Crippen molar-refractivity contribution in [1.82, 2.24) is 9.47 Å². The second-order valence-electron chi connectivity index (χ2n) is 7.34. The predicted molar refractivity (Wildman–Crippen MR) is 98.0 cm³/mol. The maximum absolute atomic E-state index is 13.1. The number of benzene rings is 1. The average Bonchev–Trinajstić information content (AvgIpc) is 3.08. The van der Waals surface area contributed by atoms with Crippen LogP contribution in [0.15, 0.2) is 35.1 Å². The maximum atomic E-state index is 13.1. The van der Waals surface area contributed by atoms with Gasteiger partial charge in [-0.3, -0.25) is 9.59 Å². The normalized spacial score (nSPS) is 25.5. The fraction of sp³-hybridized carbons (Fsp3) is 0.500. The van der Waals surface area contributed by atoms with Gasteiger partial charge in [-0.05, 0) is 37.8 Å². The van der Waals surface area contributed by atoms with Crippen molar-refractivity contribution in [3.63, 3.8) is 0 Å². The van der Waals surface area contributed by atoms with Crippen LogP contribution < -0.4 is 5.43 Å². The number of hydrogen-bond acceptors (Lipinski definition) is 4. The van der Waals surface area contributed by atoms with Crippen molar-refractivity contribution in [3.05, 3.63) is 46.2 Å². The summed E-state index contributed by atoms with van der Waals surface area (Å²) in [5.41, 5.74) is 1.55. The molecule has 6 heteroatoms. The highest BCUT2D eigenvalue weighted by atomic mass is 16.5. The van der Waals surface area contributed by atoms with Crippen LogP contribution in [0.5, 0.6) is 0 Å². The number of morpholine rings is 1. The summed E-state index contributed by atoms with van der Waals surface area (Å²) in [5, 5.41) is 10.1. The number of carbonyl (C=O) groups is 1. The van der Waals surface area contributed by atoms with E-state index >= 15 is 0 Å². The number of aliphatic hydroxyl groups is 1. The van der Waals surface area contributed by atoms with Gasteiger partial charge in [-0.2, -0.15) is 0 Å². The molecule has 0 spiro atoms. The number of nitrogens with zero attached hydrogens (tertiary/aromatic N) is 2. The summed E-state index contributed by atoms with van der Waals surface area (Å²) in [5.74, 6) is 0.243. The van der Waals surface area contributed by atoms with Crippen LogP contribution in [0.1, 0.15) is 18.5 Å². The van der Waals surface area contributed by atoms with Gasteiger partial charge < -0.3 is 19.3 Å². The van der Waals surface area contributed by atoms with E-state index in [1.807, 2.05) is 34.6 Å². The van der Waals surface area contributed by atoms with Crippen LogP contribution in [-0.2, 0) is 16.1 Å². The molecule has 1 aromatic heterocycles. The second kappa shape index (κ2) is 6.85. The second-order valence-corrected chi connectivity index (χ2v) is 7.34. The van der Waals surface area contributed by atoms with Crippen molar-refractivity contribution >= 4 is 16.8 Å². The topological polar surface area (TPSA) is 71.8 Å². The van der Waals surface area contributed by atoms with Crippen LogP contribution >= 0.6 is 0 Å². The lowest BCUT2D eigenvalue weighted by Gasteiger charge is -2.38. The van der Waals surface area contributed by atoms with Gasteiger partial charge in [0.2, 0.25) is 5.91 Å². The molecule has 26 heavy (non-hydrogen) atoms. The molecule has 1 amide bonds. The molecule has 1 N–H and O–H groups in total. The van der Waals surface area contributed by atoms with Crippen LogP contribution in [0.25, 0.3) is 10.9 Å². The van der Waals surface area contributed by atoms with E-state index < -0.39 is 0 Å². The molecule has 1 saturated heterocycles. The van der Waals surface area contributed by atoms with Crippen molar-refractivity contribution in [3.8, 4) is 0 Å². The minimum absolute atomic E-state index is 0.0187. The molecule has 6 nitrogen and oxygen atoms in total. The zero-order chi connectivity index (χ0) is 18.3. The molecule has 0 unspecified atom stereocenters. The quantitative estimate of drug-likeness (QED) is 0.900. The number of aryl methyl sites for hydroxylation is 1. The van der Waals surface area contributed by atoms with Gasteiger partial charge in [-0.1, -0.05) is 12.1 Å². The molecule has 2 fully saturated rings. The summed E-state index contributed by atoms with van der Waals surface area (Å²) in [6.07, 6.45) is 1.62. The Kier molecular flexibility index (Phi) is 4.54. The van der Waals surface area contributed by atoms with E-state index in [4.69, 9.17) is 4.74 Å². The smallest absolute Gasteiger partial charge is 0.242 e. The first-order valence-corrected chi connectivity index (χ1v) is 9.19. The minimum Gasteiger partial charge on any atom is -0.396 e. The molecule has 1 saturated carbocycles. The van der Waals surface area contributed by atoms with Crippen molar-refractivity contribution in [1.29, 1.82) is 0 Å². The van der Waals surface area contributed by atoms with E-state index in [0.717, 1.165) is 24.1 Å². The lowest BCUT2D eigenvalue weighted by atomic mass is 10.1. The lowest BCUT2D eigenvalue weighted by Crippen LogP contribution is -2.52. The summed E-state index contributed by atoms with van der Waals surface area (Å²) >= 11 is 0. The van der Waals surface area contributed by atoms with Gasteiger partial charge in [0.1, 0.15) is 6.54 Å². The van der Waals surface area contributed by atoms with Gasteiger partial charge in [0.05, 0.1) is 24.3 Å². The Morgan fingerprint density at radius 1 is 1.31 bits per heavy atom. The molecule has 2 heterocycles. The Hall–Kier alpha value is -2.18. The summed E-state index contributed by atoms with van der Waals surface area (Å²) in [4.78, 5) is 27.2. The number of amides is 1. The molecule has 2 aromatic rings. The molecule has 0 bridgehead atoms. The van der Waals surface area contributed by atoms with E-state index in [1.54, 1.807) is 12.1 Å². The molecule has 3 atom stereocenters. The number of carbonyl (C=O) groups excluding carboxylic acids is 1. The first-order chi connectivity index (χ1) is 12.6. The summed E-state index contributed by atoms with van der Waals surface area (Å²) < 4.78 is 7.74. The van der Waals surface area contributed by atoms with Gasteiger partial charge in [-0.25, -0.2) is 0 Å². The Bertz CT molecular complexity index is 891. The standard InChI is InChI=1S/C20H24N2O4/c1-13-8-18(24)15-4-2-3-5-16(15)22(13)11-20(25)21-6-7-26-19-10-14(12-23)9-17(19)21/h2-5,8,14,17,19,23H,6-7,9-12H2,1H3/t14-,17+,19+/m1/s1. The molecule has 1 aliphatic carbocycles. The molecule has 4 rings (SSSR count). The van der Waals surface area contributed by atoms with Crippen LogP contribution in [0.2, 0.25) is 0 Å². The summed E-state index contributed by atoms with van der Waals surface area (Å²) in [6, 6.07) is 9.04. The van der Waals surface area contributed by atoms with Crippen molar-refractivity contribution in [2.24, 2.45) is 5.92 Å². The number of aliphatic hydroxyl groups excluding tert-OH is 1. The highest BCUT2D eigenvalue weighted by Gasteiger charge is 2.42. The molecule has 1 aromatic carbocycles. The third kappa shape index (κ3) is 2.93. The Morgan fingerprint density at radius 2 is 2.12 bits per heavy atom. The Balaban J connectivity index is 1.63. The predicted octanol–water partition coefficient (Wildman–Crippen LogP) is 1.31. The highest BCUT2D eigenvalue weighted by molar-refractivity contribution is 5.83. The van der Waals surface area contributed by atoms with Crippen molar-refractivity contribution in [2.45, 2.75) is 38.5 Å². The fourth-order valence-electron chi connectivity index (χ4n) is 4.40. The van der Waals surface area contributed by atoms with Gasteiger partial charge in [0.15, 0.2) is 5.43 Å². The zero-order valence-electron chi connectivity index (χ0n) is 14.9. The first kappa shape index (κ1) is 17.2. The molecular weight excluding hydrogens is 332 g/mol. The molecule has 2 aliphatic rings. The molecular formula is C20H24N2O4. The van der Waals surface area contributed by atoms with Gasteiger partial charge >= 0.3 is 0 Å². The van der Waals surface area contributed by atoms with E-state index in [-0.39, 0.29) is 42.6 Å². The number of para-hydroxylation sites is 1. The Morgan fingerprint density at radius 3 is 2.92 bits per heavy atom. The largest absolute Gasteiger partial charge is 0.396 e.